The summed E-state index contributed by atoms with van der Waals surface area (Å²) in [7, 11) is 2.14. The zero-order valence-corrected chi connectivity index (χ0v) is 10.8. The maximum Gasteiger partial charge on any atom is 0.134 e. The fourth-order valence-electron chi connectivity index (χ4n) is 2.69. The van der Waals surface area contributed by atoms with Crippen LogP contribution in [0.1, 0.15) is 18.6 Å². The van der Waals surface area contributed by atoms with Crippen LogP contribution in [0.25, 0.3) is 11.0 Å². The van der Waals surface area contributed by atoms with Crippen molar-refractivity contribution < 1.29 is 4.42 Å². The van der Waals surface area contributed by atoms with Crippen molar-refractivity contribution >= 4 is 11.0 Å². The molecule has 1 aromatic carbocycles. The number of benzene rings is 1. The molecule has 0 radical (unpaired) electrons. The number of likely N-dealkylation sites (N-methyl/N-ethyl adjacent to an activating group) is 1. The molecule has 1 heterocycles. The number of hydrogen-bond acceptors (Lipinski definition) is 3. The second-order valence-electron chi connectivity index (χ2n) is 5.31. The van der Waals surface area contributed by atoms with Gasteiger partial charge in [-0.25, -0.2) is 0 Å². The van der Waals surface area contributed by atoms with Crippen molar-refractivity contribution in [3.05, 3.63) is 36.1 Å². The summed E-state index contributed by atoms with van der Waals surface area (Å²) < 4.78 is 5.85. The van der Waals surface area contributed by atoms with Gasteiger partial charge in [0.1, 0.15) is 11.3 Å². The molecular formula is C15H20N2O. The zero-order valence-electron chi connectivity index (χ0n) is 10.8. The largest absolute Gasteiger partial charge is 0.460 e. The SMILES string of the molecule is CN(Cc1cc2ccccc2o1)C(CN)C1CC1. The van der Waals surface area contributed by atoms with E-state index in [0.717, 1.165) is 30.4 Å². The van der Waals surface area contributed by atoms with Crippen molar-refractivity contribution in [3.8, 4) is 0 Å². The predicted octanol–water partition coefficient (Wildman–Crippen LogP) is 2.60. The molecule has 3 nitrogen and oxygen atoms in total. The van der Waals surface area contributed by atoms with Crippen LogP contribution in [0.4, 0.5) is 0 Å². The molecule has 0 aliphatic heterocycles. The van der Waals surface area contributed by atoms with Crippen LogP contribution in [0, 0.1) is 5.92 Å². The Morgan fingerprint density at radius 2 is 2.17 bits per heavy atom. The molecule has 2 aromatic rings. The summed E-state index contributed by atoms with van der Waals surface area (Å²) in [4.78, 5) is 2.33. The van der Waals surface area contributed by atoms with Crippen LogP contribution in [-0.4, -0.2) is 24.5 Å². The van der Waals surface area contributed by atoms with Crippen LogP contribution >= 0.6 is 0 Å². The maximum atomic E-state index is 5.87. The van der Waals surface area contributed by atoms with Crippen molar-refractivity contribution in [2.75, 3.05) is 13.6 Å². The van der Waals surface area contributed by atoms with Crippen LogP contribution in [0.3, 0.4) is 0 Å². The van der Waals surface area contributed by atoms with E-state index in [2.05, 4.69) is 24.1 Å². The third-order valence-corrected chi connectivity index (χ3v) is 3.86. The molecule has 2 N–H and O–H groups in total. The molecule has 1 unspecified atom stereocenters. The Bertz CT molecular complexity index is 497. The van der Waals surface area contributed by atoms with E-state index >= 15 is 0 Å². The van der Waals surface area contributed by atoms with Gasteiger partial charge < -0.3 is 10.2 Å². The van der Waals surface area contributed by atoms with Gasteiger partial charge in [-0.15, -0.1) is 0 Å². The van der Waals surface area contributed by atoms with Gasteiger partial charge in [-0.3, -0.25) is 4.90 Å². The average Bonchev–Trinajstić information content (AvgIpc) is 3.09. The van der Waals surface area contributed by atoms with E-state index in [4.69, 9.17) is 10.2 Å². The molecular weight excluding hydrogens is 224 g/mol. The Morgan fingerprint density at radius 3 is 2.83 bits per heavy atom. The molecule has 0 bridgehead atoms. The summed E-state index contributed by atoms with van der Waals surface area (Å²) >= 11 is 0. The Morgan fingerprint density at radius 1 is 1.39 bits per heavy atom. The highest BCUT2D eigenvalue weighted by Gasteiger charge is 2.32. The van der Waals surface area contributed by atoms with Crippen molar-refractivity contribution in [2.24, 2.45) is 11.7 Å². The number of nitrogens with two attached hydrogens (primary N) is 1. The van der Waals surface area contributed by atoms with E-state index in [1.165, 1.54) is 18.2 Å². The van der Waals surface area contributed by atoms with Gasteiger partial charge in [-0.1, -0.05) is 18.2 Å². The Balaban J connectivity index is 1.74. The Labute approximate surface area is 108 Å². The summed E-state index contributed by atoms with van der Waals surface area (Å²) in [6, 6.07) is 10.8. The minimum absolute atomic E-state index is 0.498. The number of rotatable bonds is 5. The van der Waals surface area contributed by atoms with Gasteiger partial charge in [-0.05, 0) is 37.9 Å². The Kier molecular flexibility index (Phi) is 3.10. The van der Waals surface area contributed by atoms with E-state index in [1.807, 2.05) is 18.2 Å². The quantitative estimate of drug-likeness (QED) is 0.879. The van der Waals surface area contributed by atoms with Crippen LogP contribution in [-0.2, 0) is 6.54 Å². The molecule has 3 heteroatoms. The first kappa shape index (κ1) is 11.8. The molecule has 18 heavy (non-hydrogen) atoms. The molecule has 0 saturated heterocycles. The number of fused-ring (bicyclic) bond motifs is 1. The summed E-state index contributed by atoms with van der Waals surface area (Å²) in [5.74, 6) is 1.82. The normalized spacial score (nSPS) is 17.5. The van der Waals surface area contributed by atoms with E-state index in [0.29, 0.717) is 6.04 Å². The summed E-state index contributed by atoms with van der Waals surface area (Å²) in [5, 5.41) is 1.18. The number of para-hydroxylation sites is 1. The summed E-state index contributed by atoms with van der Waals surface area (Å²) in [6.07, 6.45) is 2.65. The second-order valence-corrected chi connectivity index (χ2v) is 5.31. The molecule has 1 aliphatic rings. The van der Waals surface area contributed by atoms with Gasteiger partial charge in [0, 0.05) is 18.0 Å². The van der Waals surface area contributed by atoms with Crippen molar-refractivity contribution in [2.45, 2.75) is 25.4 Å². The van der Waals surface area contributed by atoms with E-state index in [1.54, 1.807) is 0 Å². The van der Waals surface area contributed by atoms with Crippen LogP contribution in [0.2, 0.25) is 0 Å². The topological polar surface area (TPSA) is 42.4 Å². The minimum atomic E-state index is 0.498. The van der Waals surface area contributed by atoms with Crippen LogP contribution < -0.4 is 5.73 Å². The molecule has 0 spiro atoms. The fraction of sp³-hybridized carbons (Fsp3) is 0.467. The number of hydrogen-bond donors (Lipinski definition) is 1. The van der Waals surface area contributed by atoms with Crippen molar-refractivity contribution in [1.29, 1.82) is 0 Å². The molecule has 1 aromatic heterocycles. The monoisotopic (exact) mass is 244 g/mol. The van der Waals surface area contributed by atoms with Gasteiger partial charge in [0.15, 0.2) is 0 Å². The average molecular weight is 244 g/mol. The Hall–Kier alpha value is -1.32. The molecule has 96 valence electrons. The van der Waals surface area contributed by atoms with Crippen LogP contribution in [0.5, 0.6) is 0 Å². The summed E-state index contributed by atoms with van der Waals surface area (Å²) in [5.41, 5.74) is 6.84. The fourth-order valence-corrected chi connectivity index (χ4v) is 2.69. The second kappa shape index (κ2) is 4.75. The number of nitrogens with zero attached hydrogens (tertiary/aromatic N) is 1. The predicted molar refractivity (Wildman–Crippen MR) is 73.2 cm³/mol. The molecule has 1 saturated carbocycles. The van der Waals surface area contributed by atoms with E-state index in [-0.39, 0.29) is 0 Å². The lowest BCUT2D eigenvalue weighted by atomic mass is 10.1. The van der Waals surface area contributed by atoms with Crippen molar-refractivity contribution in [1.82, 2.24) is 4.90 Å². The lowest BCUT2D eigenvalue weighted by molar-refractivity contribution is 0.202. The lowest BCUT2D eigenvalue weighted by Crippen LogP contribution is -2.39. The highest BCUT2D eigenvalue weighted by molar-refractivity contribution is 5.77. The van der Waals surface area contributed by atoms with E-state index in [9.17, 15) is 0 Å². The minimum Gasteiger partial charge on any atom is -0.460 e. The standard InChI is InChI=1S/C15H20N2O/c1-17(14(9-16)11-6-7-11)10-13-8-12-4-2-3-5-15(12)18-13/h2-5,8,11,14H,6-7,9-10,16H2,1H3. The third-order valence-electron chi connectivity index (χ3n) is 3.86. The smallest absolute Gasteiger partial charge is 0.134 e. The first-order chi connectivity index (χ1) is 8.78. The molecule has 3 rings (SSSR count). The van der Waals surface area contributed by atoms with Crippen molar-refractivity contribution in [3.63, 3.8) is 0 Å². The zero-order chi connectivity index (χ0) is 12.5. The van der Waals surface area contributed by atoms with Gasteiger partial charge >= 0.3 is 0 Å². The molecule has 1 fully saturated rings. The van der Waals surface area contributed by atoms with Gasteiger partial charge in [0.25, 0.3) is 0 Å². The number of furan rings is 1. The molecule has 1 atom stereocenters. The first-order valence-corrected chi connectivity index (χ1v) is 6.65. The first-order valence-electron chi connectivity index (χ1n) is 6.65. The van der Waals surface area contributed by atoms with Crippen LogP contribution in [0.15, 0.2) is 34.7 Å². The lowest BCUT2D eigenvalue weighted by Gasteiger charge is -2.25. The van der Waals surface area contributed by atoms with E-state index < -0.39 is 0 Å². The molecule has 1 aliphatic carbocycles. The third kappa shape index (κ3) is 2.28. The van der Waals surface area contributed by atoms with Gasteiger partial charge in [-0.2, -0.15) is 0 Å². The summed E-state index contributed by atoms with van der Waals surface area (Å²) in [6.45, 7) is 1.58. The van der Waals surface area contributed by atoms with Gasteiger partial charge in [0.05, 0.1) is 6.54 Å². The van der Waals surface area contributed by atoms with Gasteiger partial charge in [0.2, 0.25) is 0 Å². The maximum absolute atomic E-state index is 5.87. The molecule has 0 amide bonds. The highest BCUT2D eigenvalue weighted by atomic mass is 16.3. The highest BCUT2D eigenvalue weighted by Crippen LogP contribution is 2.35.